The molecule has 3 rings (SSSR count). The van der Waals surface area contributed by atoms with E-state index in [1.165, 1.54) is 6.34 Å². The predicted octanol–water partition coefficient (Wildman–Crippen LogP) is -0.603. The van der Waals surface area contributed by atoms with E-state index in [0.29, 0.717) is 18.9 Å². The van der Waals surface area contributed by atoms with E-state index in [1.54, 1.807) is 20.2 Å². The van der Waals surface area contributed by atoms with Gasteiger partial charge in [-0.05, 0) is 20.9 Å². The number of hydrogen-bond acceptors (Lipinski definition) is 10. The van der Waals surface area contributed by atoms with Gasteiger partial charge in [0.05, 0.1) is 28.0 Å². The second-order valence-electron chi connectivity index (χ2n) is 6.54. The molecular formula is C14H25N6O4P. The molecule has 10 nitrogen and oxygen atoms in total. The van der Waals surface area contributed by atoms with E-state index >= 15 is 0 Å². The van der Waals surface area contributed by atoms with Crippen LogP contribution in [0, 0.1) is 0 Å². The molecule has 3 aliphatic heterocycles. The minimum atomic E-state index is -1.28. The van der Waals surface area contributed by atoms with Crippen LogP contribution >= 0.6 is 8.96 Å². The van der Waals surface area contributed by atoms with E-state index in [9.17, 15) is 5.11 Å². The maximum absolute atomic E-state index is 10.1. The molecular weight excluding hydrogens is 347 g/mol. The first kappa shape index (κ1) is 18.6. The van der Waals surface area contributed by atoms with Gasteiger partial charge in [-0.15, -0.1) is 0 Å². The Morgan fingerprint density at radius 3 is 3.04 bits per heavy atom. The van der Waals surface area contributed by atoms with Crippen molar-refractivity contribution < 1.29 is 19.1 Å². The molecule has 4 N–H and O–H groups in total. The van der Waals surface area contributed by atoms with Gasteiger partial charge in [0, 0.05) is 6.42 Å². The molecule has 0 aliphatic carbocycles. The van der Waals surface area contributed by atoms with E-state index in [1.807, 2.05) is 11.9 Å². The molecule has 11 heteroatoms. The van der Waals surface area contributed by atoms with Crippen molar-refractivity contribution >= 4 is 27.5 Å². The summed E-state index contributed by atoms with van der Waals surface area (Å²) < 4.78 is 17.5. The number of rotatable bonds is 7. The number of ether oxygens (including phenoxy) is 2. The Morgan fingerprint density at radius 2 is 2.32 bits per heavy atom. The normalized spacial score (nSPS) is 35.0. The van der Waals surface area contributed by atoms with Crippen LogP contribution in [-0.4, -0.2) is 78.6 Å². The fourth-order valence-electron chi connectivity index (χ4n) is 3.07. The Labute approximate surface area is 148 Å². The highest BCUT2D eigenvalue weighted by Gasteiger charge is 2.47. The summed E-state index contributed by atoms with van der Waals surface area (Å²) in [5, 5.41) is 13.0. The zero-order valence-corrected chi connectivity index (χ0v) is 15.5. The van der Waals surface area contributed by atoms with Crippen molar-refractivity contribution in [1.82, 2.24) is 9.99 Å². The molecule has 0 bridgehead atoms. The van der Waals surface area contributed by atoms with Crippen molar-refractivity contribution in [1.29, 1.82) is 0 Å². The lowest BCUT2D eigenvalue weighted by Crippen LogP contribution is -2.52. The van der Waals surface area contributed by atoms with E-state index in [2.05, 4.69) is 20.1 Å². The Bertz CT molecular complexity index is 566. The summed E-state index contributed by atoms with van der Waals surface area (Å²) in [7, 11) is 2.03. The molecule has 140 valence electrons. The number of amidine groups is 1. The molecule has 0 spiro atoms. The number of nitrogens with one attached hydrogen (secondary N) is 1. The Morgan fingerprint density at radius 1 is 1.52 bits per heavy atom. The lowest BCUT2D eigenvalue weighted by atomic mass is 10.1. The number of nitrogens with zero attached hydrogens (tertiary/aromatic N) is 4. The number of nitrogens with two attached hydrogens (primary N) is 1. The lowest BCUT2D eigenvalue weighted by Gasteiger charge is -2.35. The highest BCUT2D eigenvalue weighted by Crippen LogP contribution is 2.33. The van der Waals surface area contributed by atoms with Gasteiger partial charge in [0.25, 0.3) is 0 Å². The van der Waals surface area contributed by atoms with E-state index in [0.717, 1.165) is 0 Å². The third kappa shape index (κ3) is 4.33. The summed E-state index contributed by atoms with van der Waals surface area (Å²) in [5.41, 5.74) is 5.91. The summed E-state index contributed by atoms with van der Waals surface area (Å²) in [5.74, 6) is -0.853. The first-order valence-electron chi connectivity index (χ1n) is 8.14. The molecule has 6 unspecified atom stereocenters. The molecule has 6 atom stereocenters. The molecule has 0 amide bonds. The van der Waals surface area contributed by atoms with Crippen molar-refractivity contribution in [2.75, 3.05) is 13.7 Å². The minimum absolute atomic E-state index is 0.149. The fraction of sp³-hybridized carbons (Fsp3) is 0.786. The van der Waals surface area contributed by atoms with Crippen molar-refractivity contribution in [2.45, 2.75) is 56.7 Å². The second kappa shape index (κ2) is 7.61. The van der Waals surface area contributed by atoms with Gasteiger partial charge < -0.3 is 29.7 Å². The summed E-state index contributed by atoms with van der Waals surface area (Å²) in [6.07, 6.45) is 2.45. The molecule has 0 aromatic heterocycles. The average Bonchev–Trinajstić information content (AvgIpc) is 3.11. The minimum Gasteiger partial charge on any atom is -0.385 e. The van der Waals surface area contributed by atoms with Crippen LogP contribution in [0.15, 0.2) is 15.0 Å². The van der Waals surface area contributed by atoms with Crippen LogP contribution in [0.4, 0.5) is 0 Å². The third-order valence-electron chi connectivity index (χ3n) is 4.00. The van der Waals surface area contributed by atoms with E-state index < -0.39 is 12.0 Å². The van der Waals surface area contributed by atoms with Crippen molar-refractivity contribution in [3.63, 3.8) is 0 Å². The molecule has 0 aromatic rings. The zero-order valence-electron chi connectivity index (χ0n) is 14.5. The van der Waals surface area contributed by atoms with Crippen LogP contribution in [0.1, 0.15) is 20.3 Å². The molecule has 25 heavy (non-hydrogen) atoms. The van der Waals surface area contributed by atoms with Gasteiger partial charge in [0.15, 0.2) is 18.2 Å². The monoisotopic (exact) mass is 372 g/mol. The maximum Gasteiger partial charge on any atom is 0.160 e. The summed E-state index contributed by atoms with van der Waals surface area (Å²) in [6, 6.07) is -0.322. The SMILES string of the molecule is CNPOCC1CC(OC(C)(C)O)C(N2C=NC3C(N)=NC=NC32)O1. The summed E-state index contributed by atoms with van der Waals surface area (Å²) >= 11 is 0. The van der Waals surface area contributed by atoms with Crippen LogP contribution in [0.5, 0.6) is 0 Å². The van der Waals surface area contributed by atoms with Gasteiger partial charge in [0.1, 0.15) is 24.3 Å². The number of aliphatic hydroxyl groups is 1. The number of hydrogen-bond donors (Lipinski definition) is 3. The van der Waals surface area contributed by atoms with Crippen molar-refractivity contribution in [2.24, 2.45) is 20.7 Å². The standard InChI is InChI=1S/C14H25N6O4P/c1-14(2,21)24-9-4-8(5-22-25-16-3)23-13(9)20-7-19-10-11(15)17-6-18-12(10)20/h6-10,12-13,16,21,25H,4-5H2,1-3H3,(H2,15,17,18). The smallest absolute Gasteiger partial charge is 0.160 e. The Kier molecular flexibility index (Phi) is 5.67. The van der Waals surface area contributed by atoms with Gasteiger partial charge in [-0.1, -0.05) is 0 Å². The first-order valence-corrected chi connectivity index (χ1v) is 9.04. The van der Waals surface area contributed by atoms with Gasteiger partial charge in [-0.2, -0.15) is 0 Å². The number of aliphatic imine (C=N–C) groups is 3. The molecule has 3 heterocycles. The first-order chi connectivity index (χ1) is 11.9. The predicted molar refractivity (Wildman–Crippen MR) is 95.8 cm³/mol. The summed E-state index contributed by atoms with van der Waals surface area (Å²) in [4.78, 5) is 14.6. The largest absolute Gasteiger partial charge is 0.385 e. The lowest BCUT2D eigenvalue weighted by molar-refractivity contribution is -0.225. The van der Waals surface area contributed by atoms with Crippen molar-refractivity contribution in [3.8, 4) is 0 Å². The molecule has 1 saturated heterocycles. The van der Waals surface area contributed by atoms with E-state index in [-0.39, 0.29) is 33.4 Å². The quantitative estimate of drug-likeness (QED) is 0.309. The van der Waals surface area contributed by atoms with Crippen LogP contribution in [0.3, 0.4) is 0 Å². The van der Waals surface area contributed by atoms with Gasteiger partial charge in [-0.3, -0.25) is 10.1 Å². The maximum atomic E-state index is 10.1. The van der Waals surface area contributed by atoms with Crippen LogP contribution in [-0.2, 0) is 14.0 Å². The van der Waals surface area contributed by atoms with Crippen LogP contribution in [0.2, 0.25) is 0 Å². The molecule has 0 radical (unpaired) electrons. The fourth-order valence-corrected chi connectivity index (χ4v) is 3.49. The van der Waals surface area contributed by atoms with Gasteiger partial charge in [0.2, 0.25) is 0 Å². The molecule has 0 saturated carbocycles. The Balaban J connectivity index is 1.71. The topological polar surface area (TPSA) is 126 Å². The highest BCUT2D eigenvalue weighted by atomic mass is 31.1. The zero-order chi connectivity index (χ0) is 18.0. The molecule has 0 aromatic carbocycles. The highest BCUT2D eigenvalue weighted by molar-refractivity contribution is 7.29. The molecule has 1 fully saturated rings. The van der Waals surface area contributed by atoms with Gasteiger partial charge >= 0.3 is 0 Å². The second-order valence-corrected chi connectivity index (χ2v) is 7.53. The van der Waals surface area contributed by atoms with E-state index in [4.69, 9.17) is 19.7 Å². The average molecular weight is 372 g/mol. The summed E-state index contributed by atoms with van der Waals surface area (Å²) in [6.45, 7) is 3.63. The third-order valence-corrected chi connectivity index (χ3v) is 4.52. The Hall–Kier alpha value is -1.16. The molecule has 3 aliphatic rings. The van der Waals surface area contributed by atoms with Crippen LogP contribution in [0.25, 0.3) is 0 Å². The van der Waals surface area contributed by atoms with Crippen molar-refractivity contribution in [3.05, 3.63) is 0 Å². The van der Waals surface area contributed by atoms with Gasteiger partial charge in [-0.25, -0.2) is 9.98 Å². The number of fused-ring (bicyclic) bond motifs is 1. The van der Waals surface area contributed by atoms with Crippen LogP contribution < -0.4 is 10.8 Å².